The third-order valence-electron chi connectivity index (χ3n) is 7.74. The van der Waals surface area contributed by atoms with Crippen molar-refractivity contribution < 1.29 is 28.5 Å². The summed E-state index contributed by atoms with van der Waals surface area (Å²) in [5.74, 6) is -0.375. The third-order valence-corrected chi connectivity index (χ3v) is 9.16. The maximum Gasteiger partial charge on any atom is 0.341 e. The second-order valence-corrected chi connectivity index (χ2v) is 12.3. The maximum absolute atomic E-state index is 13.6. The number of carbonyl (C=O) groups excluding carboxylic acids is 1. The number of hydrogen-bond acceptors (Lipinski definition) is 6. The highest BCUT2D eigenvalue weighted by Crippen LogP contribution is 2.46. The van der Waals surface area contributed by atoms with Crippen LogP contribution in [-0.4, -0.2) is 47.2 Å². The van der Waals surface area contributed by atoms with Crippen LogP contribution >= 0.6 is 22.6 Å². The van der Waals surface area contributed by atoms with Gasteiger partial charge in [0, 0.05) is 17.5 Å². The van der Waals surface area contributed by atoms with Crippen LogP contribution in [0.4, 0.5) is 0 Å². The molecule has 0 bridgehead atoms. The number of unbranched alkanes of at least 4 members (excludes halogenated alkanes) is 6. The average molecular weight is 651 g/mol. The Morgan fingerprint density at radius 1 is 0.897 bits per heavy atom. The smallest absolute Gasteiger partial charge is 0.341 e. The highest BCUT2D eigenvalue weighted by atomic mass is 127. The van der Waals surface area contributed by atoms with Gasteiger partial charge in [-0.25, -0.2) is 4.79 Å². The lowest BCUT2D eigenvalue weighted by Crippen LogP contribution is -2.49. The zero-order valence-electron chi connectivity index (χ0n) is 23.3. The standard InChI is InChI=1S/C32H43IO6/c1-3-4-5-6-7-8-15-20-26(33)27-21-32(31(34)38-27)29(37-23-25-18-13-10-14-19-25)28(30(35-2)39-32)36-22-24-16-11-9-12-17-24/h9-14,16-19,26-30H,3-8,15,20-23H2,1-2H3/t26-,27-,28+,29+,30+,32-/m1/s1. The Bertz CT molecular complexity index is 989. The zero-order chi connectivity index (χ0) is 27.5. The molecule has 2 aromatic rings. The third kappa shape index (κ3) is 8.03. The van der Waals surface area contributed by atoms with Crippen LogP contribution in [0, 0.1) is 0 Å². The van der Waals surface area contributed by atoms with Gasteiger partial charge in [0.15, 0.2) is 6.29 Å². The van der Waals surface area contributed by atoms with E-state index in [1.54, 1.807) is 7.11 Å². The SMILES string of the molecule is CCCCCCCCC[C@@H](I)[C@H]1C[C@]2(O[C@H](OC)[C@@H](OCc3ccccc3)[C@@H]2OCc2ccccc2)C(=O)O1. The minimum Gasteiger partial charge on any atom is -0.459 e. The zero-order valence-corrected chi connectivity index (χ0v) is 25.4. The van der Waals surface area contributed by atoms with Crippen LogP contribution in [0.25, 0.3) is 0 Å². The number of benzene rings is 2. The van der Waals surface area contributed by atoms with Gasteiger partial charge in [0.1, 0.15) is 18.3 Å². The van der Waals surface area contributed by atoms with Crippen molar-refractivity contribution >= 4 is 28.6 Å². The van der Waals surface area contributed by atoms with E-state index in [1.807, 2.05) is 60.7 Å². The molecule has 0 amide bonds. The highest BCUT2D eigenvalue weighted by molar-refractivity contribution is 14.1. The molecule has 39 heavy (non-hydrogen) atoms. The van der Waals surface area contributed by atoms with Crippen LogP contribution in [0.5, 0.6) is 0 Å². The summed E-state index contributed by atoms with van der Waals surface area (Å²) < 4.78 is 31.1. The van der Waals surface area contributed by atoms with E-state index < -0.39 is 24.1 Å². The van der Waals surface area contributed by atoms with Gasteiger partial charge in [0.25, 0.3) is 0 Å². The first-order valence-electron chi connectivity index (χ1n) is 14.4. The van der Waals surface area contributed by atoms with E-state index in [1.165, 1.54) is 38.5 Å². The molecule has 1 spiro atoms. The van der Waals surface area contributed by atoms with Gasteiger partial charge in [0.05, 0.1) is 13.2 Å². The largest absolute Gasteiger partial charge is 0.459 e. The van der Waals surface area contributed by atoms with Crippen LogP contribution in [0.2, 0.25) is 0 Å². The molecule has 0 saturated carbocycles. The molecule has 7 heteroatoms. The number of carbonyl (C=O) groups is 1. The van der Waals surface area contributed by atoms with Gasteiger partial charge < -0.3 is 23.7 Å². The molecule has 2 aromatic carbocycles. The summed E-state index contributed by atoms with van der Waals surface area (Å²) >= 11 is 2.44. The molecule has 2 aliphatic heterocycles. The molecule has 2 heterocycles. The Balaban J connectivity index is 1.44. The van der Waals surface area contributed by atoms with Crippen molar-refractivity contribution in [3.8, 4) is 0 Å². The van der Waals surface area contributed by atoms with Crippen molar-refractivity contribution in [3.63, 3.8) is 0 Å². The number of methoxy groups -OCH3 is 1. The summed E-state index contributed by atoms with van der Waals surface area (Å²) in [5, 5.41) is 0. The van der Waals surface area contributed by atoms with Crippen LogP contribution in [0.15, 0.2) is 60.7 Å². The fourth-order valence-electron chi connectivity index (χ4n) is 5.53. The molecule has 6 atom stereocenters. The Labute approximate surface area is 247 Å². The van der Waals surface area contributed by atoms with E-state index >= 15 is 0 Å². The highest BCUT2D eigenvalue weighted by Gasteiger charge is 2.67. The predicted octanol–water partition coefficient (Wildman–Crippen LogP) is 7.16. The van der Waals surface area contributed by atoms with Crippen LogP contribution in [0.1, 0.15) is 75.8 Å². The molecule has 6 nitrogen and oxygen atoms in total. The minimum absolute atomic E-state index is 0.213. The summed E-state index contributed by atoms with van der Waals surface area (Å²) in [5.41, 5.74) is 0.790. The molecule has 2 saturated heterocycles. The maximum atomic E-state index is 13.6. The molecule has 0 radical (unpaired) electrons. The van der Waals surface area contributed by atoms with Gasteiger partial charge in [-0.05, 0) is 17.5 Å². The molecular formula is C32H43IO6. The molecular weight excluding hydrogens is 607 g/mol. The van der Waals surface area contributed by atoms with Crippen molar-refractivity contribution in [1.29, 1.82) is 0 Å². The molecule has 2 fully saturated rings. The van der Waals surface area contributed by atoms with Crippen LogP contribution in [-0.2, 0) is 41.7 Å². The predicted molar refractivity (Wildman–Crippen MR) is 160 cm³/mol. The van der Waals surface area contributed by atoms with E-state index in [0.717, 1.165) is 24.0 Å². The quantitative estimate of drug-likeness (QED) is 0.0832. The Kier molecular flexibility index (Phi) is 12.1. The number of hydrogen-bond donors (Lipinski definition) is 0. The fraction of sp³-hybridized carbons (Fsp3) is 0.594. The van der Waals surface area contributed by atoms with Gasteiger partial charge in [0.2, 0.25) is 5.60 Å². The van der Waals surface area contributed by atoms with Crippen molar-refractivity contribution in [2.24, 2.45) is 0 Å². The molecule has 0 aromatic heterocycles. The van der Waals surface area contributed by atoms with Crippen molar-refractivity contribution in [1.82, 2.24) is 0 Å². The molecule has 214 valence electrons. The lowest BCUT2D eigenvalue weighted by molar-refractivity contribution is -0.193. The Morgan fingerprint density at radius 2 is 1.49 bits per heavy atom. The molecule has 0 N–H and O–H groups in total. The van der Waals surface area contributed by atoms with Crippen LogP contribution in [0.3, 0.4) is 0 Å². The van der Waals surface area contributed by atoms with E-state index in [9.17, 15) is 4.79 Å². The van der Waals surface area contributed by atoms with E-state index in [0.29, 0.717) is 19.6 Å². The lowest BCUT2D eigenvalue weighted by Gasteiger charge is -2.28. The first kappa shape index (κ1) is 30.4. The van der Waals surface area contributed by atoms with Crippen molar-refractivity contribution in [3.05, 3.63) is 71.8 Å². The number of esters is 1. The molecule has 0 aliphatic carbocycles. The fourth-order valence-corrected chi connectivity index (χ4v) is 6.37. The number of cyclic esters (lactones) is 1. The second-order valence-electron chi connectivity index (χ2n) is 10.7. The van der Waals surface area contributed by atoms with Crippen LogP contribution < -0.4 is 0 Å². The second kappa shape index (κ2) is 15.5. The number of ether oxygens (including phenoxy) is 5. The van der Waals surface area contributed by atoms with E-state index in [-0.39, 0.29) is 16.0 Å². The summed E-state index contributed by atoms with van der Waals surface area (Å²) in [6.07, 6.45) is 8.07. The van der Waals surface area contributed by atoms with Gasteiger partial charge >= 0.3 is 5.97 Å². The summed E-state index contributed by atoms with van der Waals surface area (Å²) in [6, 6.07) is 19.9. The molecule has 4 rings (SSSR count). The summed E-state index contributed by atoms with van der Waals surface area (Å²) in [7, 11) is 1.58. The van der Waals surface area contributed by atoms with Gasteiger partial charge in [-0.15, -0.1) is 0 Å². The number of halogens is 1. The van der Waals surface area contributed by atoms with Crippen molar-refractivity contribution in [2.45, 2.75) is 112 Å². The van der Waals surface area contributed by atoms with E-state index in [2.05, 4.69) is 29.5 Å². The number of alkyl halides is 1. The first-order valence-corrected chi connectivity index (χ1v) is 15.7. The Hall–Kier alpha value is -1.52. The Morgan fingerprint density at radius 3 is 2.10 bits per heavy atom. The molecule has 0 unspecified atom stereocenters. The van der Waals surface area contributed by atoms with Crippen molar-refractivity contribution in [2.75, 3.05) is 7.11 Å². The van der Waals surface area contributed by atoms with E-state index in [4.69, 9.17) is 23.7 Å². The monoisotopic (exact) mass is 650 g/mol. The molecule has 2 aliphatic rings. The van der Waals surface area contributed by atoms with Gasteiger partial charge in [-0.3, -0.25) is 0 Å². The summed E-state index contributed by atoms with van der Waals surface area (Å²) in [6.45, 7) is 2.94. The average Bonchev–Trinajstić information content (AvgIpc) is 3.46. The normalized spacial score (nSPS) is 27.2. The van der Waals surface area contributed by atoms with Gasteiger partial charge in [-0.1, -0.05) is 135 Å². The summed E-state index contributed by atoms with van der Waals surface area (Å²) in [4.78, 5) is 13.6. The van der Waals surface area contributed by atoms with Gasteiger partial charge in [-0.2, -0.15) is 0 Å². The lowest BCUT2D eigenvalue weighted by atomic mass is 9.90. The number of rotatable bonds is 16. The first-order chi connectivity index (χ1) is 19.1. The minimum atomic E-state index is -1.26. The topological polar surface area (TPSA) is 63.2 Å².